The molecule has 7 nitrogen and oxygen atoms in total. The Balaban J connectivity index is 4.70. The van der Waals surface area contributed by atoms with Gasteiger partial charge in [0, 0.05) is 18.8 Å². The minimum absolute atomic E-state index is 0.0220. The SMILES string of the molecule is CCCCCCCC/C=C\CCCCCCCC(=O)OCC(COC(=O)CCCCCCC/C=C\CCCCCCCC)NC(=O)C(CCCCC)CCCNCCCC. The first-order valence-electron chi connectivity index (χ1n) is 26.1. The molecular formula is C53H100N2O5. The van der Waals surface area contributed by atoms with E-state index in [-0.39, 0.29) is 37.0 Å². The summed E-state index contributed by atoms with van der Waals surface area (Å²) in [6.07, 6.45) is 49.8. The van der Waals surface area contributed by atoms with Gasteiger partial charge in [0.2, 0.25) is 5.91 Å². The second-order valence-electron chi connectivity index (χ2n) is 17.7. The molecule has 0 aromatic rings. The summed E-state index contributed by atoms with van der Waals surface area (Å²) < 4.78 is 11.4. The van der Waals surface area contributed by atoms with Crippen molar-refractivity contribution >= 4 is 17.8 Å². The maximum absolute atomic E-state index is 13.6. The molecule has 1 amide bonds. The van der Waals surface area contributed by atoms with Crippen LogP contribution in [0.2, 0.25) is 0 Å². The lowest BCUT2D eigenvalue weighted by Gasteiger charge is -2.23. The molecule has 60 heavy (non-hydrogen) atoms. The average Bonchev–Trinajstić information content (AvgIpc) is 3.25. The Kier molecular flexibility index (Phi) is 46.2. The van der Waals surface area contributed by atoms with E-state index in [1.165, 1.54) is 122 Å². The number of hydrogen-bond acceptors (Lipinski definition) is 6. The van der Waals surface area contributed by atoms with Crippen LogP contribution in [0.5, 0.6) is 0 Å². The van der Waals surface area contributed by atoms with Gasteiger partial charge in [0.15, 0.2) is 0 Å². The highest BCUT2D eigenvalue weighted by molar-refractivity contribution is 5.79. The zero-order valence-electron chi connectivity index (χ0n) is 40.3. The summed E-state index contributed by atoms with van der Waals surface area (Å²) in [5.41, 5.74) is 0. The Bertz CT molecular complexity index is 942. The third-order valence-corrected chi connectivity index (χ3v) is 11.7. The standard InChI is InChI=1S/C53H100N2O5/c1-5-9-13-15-17-19-21-23-25-27-29-31-33-35-38-43-51(56)59-47-50(55-53(58)49(41-37-11-7-3)42-40-46-54-45-12-8-4)48-60-52(57)44-39-36-34-32-30-28-26-24-22-20-18-16-14-10-6-2/h23-26,49-50,54H,5-22,27-48H2,1-4H3,(H,55,58)/b25-23-,26-24-. The third kappa shape index (κ3) is 42.5. The number of allylic oxidation sites excluding steroid dienone is 4. The Morgan fingerprint density at radius 3 is 1.20 bits per heavy atom. The van der Waals surface area contributed by atoms with Crippen LogP contribution in [0.15, 0.2) is 24.3 Å². The Morgan fingerprint density at radius 2 is 0.767 bits per heavy atom. The number of carbonyl (C=O) groups is 3. The summed E-state index contributed by atoms with van der Waals surface area (Å²) in [6.45, 7) is 10.9. The van der Waals surface area contributed by atoms with E-state index in [1.54, 1.807) is 0 Å². The molecule has 1 unspecified atom stereocenters. The van der Waals surface area contributed by atoms with Crippen molar-refractivity contribution in [3.05, 3.63) is 24.3 Å². The van der Waals surface area contributed by atoms with Crippen molar-refractivity contribution in [1.82, 2.24) is 10.6 Å². The zero-order chi connectivity index (χ0) is 43.8. The van der Waals surface area contributed by atoms with Crippen LogP contribution in [0.3, 0.4) is 0 Å². The number of esters is 2. The maximum Gasteiger partial charge on any atom is 0.305 e. The fourth-order valence-electron chi connectivity index (χ4n) is 7.61. The lowest BCUT2D eigenvalue weighted by molar-refractivity contribution is -0.149. The van der Waals surface area contributed by atoms with E-state index in [2.05, 4.69) is 62.6 Å². The van der Waals surface area contributed by atoms with Gasteiger partial charge in [-0.3, -0.25) is 14.4 Å². The van der Waals surface area contributed by atoms with Crippen LogP contribution < -0.4 is 10.6 Å². The first kappa shape index (κ1) is 57.9. The summed E-state index contributed by atoms with van der Waals surface area (Å²) in [5.74, 6) is -0.621. The highest BCUT2D eigenvalue weighted by Gasteiger charge is 2.23. The van der Waals surface area contributed by atoms with Gasteiger partial charge in [-0.2, -0.15) is 0 Å². The fraction of sp³-hybridized carbons (Fsp3) is 0.868. The van der Waals surface area contributed by atoms with E-state index < -0.39 is 6.04 Å². The topological polar surface area (TPSA) is 93.7 Å². The van der Waals surface area contributed by atoms with Crippen LogP contribution in [0.25, 0.3) is 0 Å². The molecule has 0 aliphatic carbocycles. The Hall–Kier alpha value is -2.15. The molecule has 0 aromatic heterocycles. The van der Waals surface area contributed by atoms with Crippen LogP contribution in [-0.4, -0.2) is 50.2 Å². The molecule has 2 N–H and O–H groups in total. The molecule has 0 spiro atoms. The molecule has 0 aliphatic heterocycles. The normalized spacial score (nSPS) is 12.2. The lowest BCUT2D eigenvalue weighted by Crippen LogP contribution is -2.45. The second-order valence-corrected chi connectivity index (χ2v) is 17.7. The van der Waals surface area contributed by atoms with Crippen molar-refractivity contribution in [3.8, 4) is 0 Å². The van der Waals surface area contributed by atoms with Crippen molar-refractivity contribution in [2.45, 2.75) is 265 Å². The Morgan fingerprint density at radius 1 is 0.417 bits per heavy atom. The summed E-state index contributed by atoms with van der Waals surface area (Å²) in [6, 6.07) is -0.551. The molecular weight excluding hydrogens is 745 g/mol. The number of carbonyl (C=O) groups excluding carboxylic acids is 3. The van der Waals surface area contributed by atoms with Crippen LogP contribution in [-0.2, 0) is 23.9 Å². The number of ether oxygens (including phenoxy) is 2. The van der Waals surface area contributed by atoms with Crippen LogP contribution in [0.1, 0.15) is 259 Å². The summed E-state index contributed by atoms with van der Waals surface area (Å²) in [4.78, 5) is 39.2. The van der Waals surface area contributed by atoms with Gasteiger partial charge in [-0.25, -0.2) is 0 Å². The van der Waals surface area contributed by atoms with Gasteiger partial charge in [0.25, 0.3) is 0 Å². The molecule has 352 valence electrons. The van der Waals surface area contributed by atoms with Crippen molar-refractivity contribution < 1.29 is 23.9 Å². The largest absolute Gasteiger partial charge is 0.463 e. The number of hydrogen-bond donors (Lipinski definition) is 2. The second kappa shape index (κ2) is 47.9. The predicted octanol–water partition coefficient (Wildman–Crippen LogP) is 15.0. The van der Waals surface area contributed by atoms with E-state index in [0.717, 1.165) is 109 Å². The summed E-state index contributed by atoms with van der Waals surface area (Å²) >= 11 is 0. The molecule has 0 aliphatic rings. The number of rotatable bonds is 47. The summed E-state index contributed by atoms with van der Waals surface area (Å²) in [7, 11) is 0. The number of nitrogens with one attached hydrogen (secondary N) is 2. The van der Waals surface area contributed by atoms with Gasteiger partial charge in [0.05, 0.1) is 6.04 Å². The highest BCUT2D eigenvalue weighted by Crippen LogP contribution is 2.17. The van der Waals surface area contributed by atoms with E-state index in [9.17, 15) is 14.4 Å². The van der Waals surface area contributed by atoms with Gasteiger partial charge < -0.3 is 20.1 Å². The molecule has 0 saturated carbocycles. The monoisotopic (exact) mass is 845 g/mol. The first-order valence-corrected chi connectivity index (χ1v) is 26.1. The minimum atomic E-state index is -0.551. The van der Waals surface area contributed by atoms with Crippen molar-refractivity contribution in [3.63, 3.8) is 0 Å². The van der Waals surface area contributed by atoms with Crippen LogP contribution in [0.4, 0.5) is 0 Å². The highest BCUT2D eigenvalue weighted by atomic mass is 16.5. The fourth-order valence-corrected chi connectivity index (χ4v) is 7.61. The quantitative estimate of drug-likeness (QED) is 0.0360. The summed E-state index contributed by atoms with van der Waals surface area (Å²) in [5, 5.41) is 6.63. The van der Waals surface area contributed by atoms with Gasteiger partial charge in [-0.15, -0.1) is 0 Å². The Labute approximate surface area is 372 Å². The van der Waals surface area contributed by atoms with Crippen molar-refractivity contribution in [1.29, 1.82) is 0 Å². The van der Waals surface area contributed by atoms with E-state index in [1.807, 2.05) is 0 Å². The van der Waals surface area contributed by atoms with Gasteiger partial charge in [-0.05, 0) is 103 Å². The lowest BCUT2D eigenvalue weighted by atomic mass is 9.95. The maximum atomic E-state index is 13.6. The first-order chi connectivity index (χ1) is 29.5. The van der Waals surface area contributed by atoms with Gasteiger partial charge in [0.1, 0.15) is 13.2 Å². The van der Waals surface area contributed by atoms with Crippen LogP contribution in [0, 0.1) is 5.92 Å². The smallest absolute Gasteiger partial charge is 0.305 e. The van der Waals surface area contributed by atoms with Crippen LogP contribution >= 0.6 is 0 Å². The molecule has 0 aromatic carbocycles. The van der Waals surface area contributed by atoms with Crippen molar-refractivity contribution in [2.75, 3.05) is 26.3 Å². The molecule has 0 heterocycles. The van der Waals surface area contributed by atoms with E-state index in [4.69, 9.17) is 9.47 Å². The number of unbranched alkanes of at least 4 members (excludes halogenated alkanes) is 25. The average molecular weight is 845 g/mol. The molecule has 1 atom stereocenters. The van der Waals surface area contributed by atoms with E-state index in [0.29, 0.717) is 12.8 Å². The van der Waals surface area contributed by atoms with Gasteiger partial charge in [-0.1, -0.05) is 180 Å². The molecule has 0 radical (unpaired) electrons. The zero-order valence-corrected chi connectivity index (χ0v) is 40.3. The molecule has 0 bridgehead atoms. The minimum Gasteiger partial charge on any atom is -0.463 e. The third-order valence-electron chi connectivity index (χ3n) is 11.7. The predicted molar refractivity (Wildman–Crippen MR) is 257 cm³/mol. The van der Waals surface area contributed by atoms with Gasteiger partial charge >= 0.3 is 11.9 Å². The molecule has 0 fully saturated rings. The molecule has 7 heteroatoms. The molecule has 0 saturated heterocycles. The number of amides is 1. The van der Waals surface area contributed by atoms with Crippen molar-refractivity contribution in [2.24, 2.45) is 5.92 Å². The van der Waals surface area contributed by atoms with E-state index >= 15 is 0 Å². The molecule has 0 rings (SSSR count).